The Bertz CT molecular complexity index is 338. The van der Waals surface area contributed by atoms with Gasteiger partial charge >= 0.3 is 0 Å². The van der Waals surface area contributed by atoms with Crippen LogP contribution in [-0.4, -0.2) is 47.5 Å². The summed E-state index contributed by atoms with van der Waals surface area (Å²) in [5, 5.41) is 21.3. The maximum Gasteiger partial charge on any atom is 0.217 e. The molecule has 0 amide bonds. The molecule has 1 aliphatic carbocycles. The van der Waals surface area contributed by atoms with Gasteiger partial charge in [-0.1, -0.05) is 0 Å². The molecule has 1 saturated heterocycles. The van der Waals surface area contributed by atoms with E-state index < -0.39 is 29.5 Å². The summed E-state index contributed by atoms with van der Waals surface area (Å²) in [7, 11) is 5.38. The predicted octanol–water partition coefficient (Wildman–Crippen LogP) is -0.326. The first-order chi connectivity index (χ1) is 6.94. The van der Waals surface area contributed by atoms with Crippen LogP contribution < -0.4 is 0 Å². The van der Waals surface area contributed by atoms with Gasteiger partial charge in [0.05, 0.1) is 11.6 Å². The maximum atomic E-state index is 14.0. The summed E-state index contributed by atoms with van der Waals surface area (Å²) in [4.78, 5) is 0. The fourth-order valence-corrected chi connectivity index (χ4v) is 1.92. The Hall–Kier alpha value is -0.275. The number of aliphatic hydroxyl groups excluding tert-OH is 1. The van der Waals surface area contributed by atoms with Crippen LogP contribution in [0, 0.1) is 11.3 Å². The van der Waals surface area contributed by atoms with Gasteiger partial charge in [-0.05, 0) is 30.4 Å². The van der Waals surface area contributed by atoms with Crippen molar-refractivity contribution in [2.45, 2.75) is 42.3 Å². The highest BCUT2D eigenvalue weighted by Gasteiger charge is 2.63. The molecule has 2 aliphatic rings. The second-order valence-corrected chi connectivity index (χ2v) is 4.20. The van der Waals surface area contributed by atoms with Gasteiger partial charge in [-0.15, -0.1) is 0 Å². The van der Waals surface area contributed by atoms with Crippen molar-refractivity contribution in [2.24, 2.45) is 0 Å². The Labute approximate surface area is 93.0 Å². The van der Waals surface area contributed by atoms with Crippen LogP contribution in [0.2, 0.25) is 0 Å². The molecule has 0 aromatic rings. The first-order valence-electron chi connectivity index (χ1n) is 4.57. The first-order valence-corrected chi connectivity index (χ1v) is 4.95. The molecule has 0 bridgehead atoms. The van der Waals surface area contributed by atoms with E-state index in [0.717, 1.165) is 0 Å². The number of ether oxygens (including phenoxy) is 1. The van der Waals surface area contributed by atoms with Gasteiger partial charge < -0.3 is 14.9 Å². The summed E-state index contributed by atoms with van der Waals surface area (Å²) in [5.41, 5.74) is -3.58. The van der Waals surface area contributed by atoms with Crippen molar-refractivity contribution in [1.82, 2.24) is 0 Å². The van der Waals surface area contributed by atoms with Crippen molar-refractivity contribution in [3.05, 3.63) is 0 Å². The summed E-state index contributed by atoms with van der Waals surface area (Å²) in [6.45, 7) is 0. The number of hydrogen-bond acceptors (Lipinski definition) is 3. The highest BCUT2D eigenvalue weighted by molar-refractivity contribution is 6.30. The van der Waals surface area contributed by atoms with E-state index in [2.05, 4.69) is 0 Å². The van der Waals surface area contributed by atoms with Crippen molar-refractivity contribution in [3.63, 3.8) is 0 Å². The van der Waals surface area contributed by atoms with Crippen LogP contribution in [0.3, 0.4) is 0 Å². The van der Waals surface area contributed by atoms with Crippen molar-refractivity contribution in [3.8, 4) is 11.3 Å². The van der Waals surface area contributed by atoms with Gasteiger partial charge in [0.25, 0.3) is 0 Å². The van der Waals surface area contributed by atoms with Crippen molar-refractivity contribution < 1.29 is 19.3 Å². The molecule has 0 aromatic heterocycles. The highest BCUT2D eigenvalue weighted by atomic mass is 35.5. The number of aliphatic hydroxyl groups is 2. The molecule has 2 fully saturated rings. The van der Waals surface area contributed by atoms with E-state index in [1.54, 1.807) is 0 Å². The Kier molecular flexibility index (Phi) is 2.51. The minimum absolute atomic E-state index is 0.464. The normalized spacial score (nSPS) is 47.1. The molecule has 2 rings (SSSR count). The van der Waals surface area contributed by atoms with Gasteiger partial charge in [-0.3, -0.25) is 0 Å². The molecular formula is C9H9BClFO3. The molecule has 1 saturated carbocycles. The summed E-state index contributed by atoms with van der Waals surface area (Å²) >= 11 is 5.09. The third kappa shape index (κ3) is 1.56. The average molecular weight is 230 g/mol. The van der Waals surface area contributed by atoms with E-state index in [1.807, 2.05) is 11.3 Å². The second-order valence-electron chi connectivity index (χ2n) is 4.01. The predicted molar refractivity (Wildman–Crippen MR) is 52.1 cm³/mol. The van der Waals surface area contributed by atoms with E-state index >= 15 is 0 Å². The van der Waals surface area contributed by atoms with Crippen molar-refractivity contribution in [2.75, 3.05) is 0 Å². The lowest BCUT2D eigenvalue weighted by Gasteiger charge is -2.22. The third-order valence-corrected chi connectivity index (χ3v) is 3.05. The fraction of sp³-hybridized carbons (Fsp3) is 0.778. The van der Waals surface area contributed by atoms with Crippen LogP contribution in [0.15, 0.2) is 0 Å². The van der Waals surface area contributed by atoms with Crippen LogP contribution in [0.25, 0.3) is 0 Å². The molecule has 2 N–H and O–H groups in total. The first kappa shape index (κ1) is 11.2. The number of halogens is 2. The number of hydrogen-bond donors (Lipinski definition) is 2. The summed E-state index contributed by atoms with van der Waals surface area (Å²) in [6.07, 6.45) is -1.68. The molecule has 6 heteroatoms. The molecule has 1 aliphatic heterocycles. The number of rotatable bonds is 1. The van der Waals surface area contributed by atoms with Crippen LogP contribution in [0.4, 0.5) is 4.39 Å². The lowest BCUT2D eigenvalue weighted by Crippen LogP contribution is -2.46. The largest absolute Gasteiger partial charge is 0.387 e. The van der Waals surface area contributed by atoms with Crippen LogP contribution in [0.1, 0.15) is 12.8 Å². The van der Waals surface area contributed by atoms with Crippen LogP contribution >= 0.6 is 11.6 Å². The van der Waals surface area contributed by atoms with Gasteiger partial charge in [-0.25, -0.2) is 4.39 Å². The zero-order chi connectivity index (χ0) is 11.3. The quantitative estimate of drug-likeness (QED) is 0.479. The van der Waals surface area contributed by atoms with Gasteiger partial charge in [0, 0.05) is 5.38 Å². The molecule has 0 aromatic carbocycles. The molecular weight excluding hydrogens is 221 g/mol. The number of alkyl halides is 1. The van der Waals surface area contributed by atoms with E-state index in [0.29, 0.717) is 12.8 Å². The average Bonchev–Trinajstić information content (AvgIpc) is 2.87. The molecule has 4 atom stereocenters. The molecule has 15 heavy (non-hydrogen) atoms. The molecule has 2 radical (unpaired) electrons. The minimum atomic E-state index is -2.41. The Balaban J connectivity index is 2.25. The van der Waals surface area contributed by atoms with Crippen LogP contribution in [0.5, 0.6) is 0 Å². The summed E-state index contributed by atoms with van der Waals surface area (Å²) in [5.74, 6) is 1.99. The topological polar surface area (TPSA) is 49.7 Å². The van der Waals surface area contributed by atoms with Gasteiger partial charge in [0.2, 0.25) is 5.67 Å². The smallest absolute Gasteiger partial charge is 0.217 e. The van der Waals surface area contributed by atoms with Crippen molar-refractivity contribution >= 4 is 19.4 Å². The maximum absolute atomic E-state index is 14.0. The van der Waals surface area contributed by atoms with E-state index in [-0.39, 0.29) is 0 Å². The van der Waals surface area contributed by atoms with Crippen LogP contribution in [-0.2, 0) is 4.74 Å². The fourth-order valence-electron chi connectivity index (χ4n) is 1.77. The Morgan fingerprint density at radius 3 is 2.60 bits per heavy atom. The highest BCUT2D eigenvalue weighted by Crippen LogP contribution is 2.47. The lowest BCUT2D eigenvalue weighted by atomic mass is 9.82. The molecule has 3 nitrogen and oxygen atoms in total. The van der Waals surface area contributed by atoms with E-state index in [4.69, 9.17) is 24.2 Å². The second kappa shape index (κ2) is 3.36. The SMILES string of the molecule is [B][C@@H]1O[C@H](C2(O)CC2)C(O)[C@]1(F)C#CCl. The Morgan fingerprint density at radius 1 is 1.53 bits per heavy atom. The third-order valence-electron chi connectivity index (χ3n) is 2.96. The molecule has 80 valence electrons. The lowest BCUT2D eigenvalue weighted by molar-refractivity contribution is -0.0683. The summed E-state index contributed by atoms with van der Waals surface area (Å²) < 4.78 is 19.0. The molecule has 0 spiro atoms. The zero-order valence-electron chi connectivity index (χ0n) is 7.78. The standard InChI is InChI=1S/C9H9BClFO3/c10-7-9(12,3-4-11)5(13)6(15-7)8(14)1-2-8/h5-7,13-14H,1-2H2/t5?,6-,7+,9+/m0/s1. The Morgan fingerprint density at radius 2 is 2.13 bits per heavy atom. The van der Waals surface area contributed by atoms with E-state index in [9.17, 15) is 14.6 Å². The van der Waals surface area contributed by atoms with Gasteiger partial charge in [0.15, 0.2) is 0 Å². The minimum Gasteiger partial charge on any atom is -0.387 e. The van der Waals surface area contributed by atoms with Gasteiger partial charge in [-0.2, -0.15) is 0 Å². The monoisotopic (exact) mass is 230 g/mol. The van der Waals surface area contributed by atoms with Gasteiger partial charge in [0.1, 0.15) is 20.1 Å². The zero-order valence-corrected chi connectivity index (χ0v) is 8.54. The van der Waals surface area contributed by atoms with E-state index in [1.165, 1.54) is 0 Å². The molecule has 1 unspecified atom stereocenters. The van der Waals surface area contributed by atoms with Crippen molar-refractivity contribution in [1.29, 1.82) is 0 Å². The molecule has 1 heterocycles. The summed E-state index contributed by atoms with van der Waals surface area (Å²) in [6, 6.07) is -1.40.